The fraction of sp³-hybridized carbons (Fsp3) is 0.667. The summed E-state index contributed by atoms with van der Waals surface area (Å²) in [6.07, 6.45) is 1.05. The summed E-state index contributed by atoms with van der Waals surface area (Å²) in [6, 6.07) is 5.88. The van der Waals surface area contributed by atoms with Crippen LogP contribution in [0.4, 0.5) is 0 Å². The molecule has 156 valence electrons. The molecule has 27 heavy (non-hydrogen) atoms. The molecule has 0 bridgehead atoms. The van der Waals surface area contributed by atoms with Gasteiger partial charge in [0.15, 0.2) is 6.61 Å². The van der Waals surface area contributed by atoms with Gasteiger partial charge in [-0.05, 0) is 64.7 Å². The fourth-order valence-electron chi connectivity index (χ4n) is 3.15. The summed E-state index contributed by atoms with van der Waals surface area (Å²) < 4.78 is 6.79. The Labute approximate surface area is 179 Å². The van der Waals surface area contributed by atoms with Gasteiger partial charge in [0.25, 0.3) is 5.91 Å². The lowest BCUT2D eigenvalue weighted by atomic mass is 9.82. The Morgan fingerprint density at radius 1 is 1.07 bits per heavy atom. The Bertz CT molecular complexity index is 620. The number of benzene rings is 1. The minimum atomic E-state index is -0.262. The highest BCUT2D eigenvalue weighted by Gasteiger charge is 2.25. The Hall–Kier alpha value is -0.780. The van der Waals surface area contributed by atoms with Gasteiger partial charge in [-0.15, -0.1) is 12.4 Å². The van der Waals surface area contributed by atoms with Gasteiger partial charge in [0.05, 0.1) is 0 Å². The van der Waals surface area contributed by atoms with Crippen molar-refractivity contribution in [3.05, 3.63) is 28.2 Å². The predicted octanol–water partition coefficient (Wildman–Crippen LogP) is 5.47. The van der Waals surface area contributed by atoms with E-state index in [9.17, 15) is 4.79 Å². The van der Waals surface area contributed by atoms with Crippen LogP contribution in [0.15, 0.2) is 22.7 Å². The molecule has 0 heterocycles. The predicted molar refractivity (Wildman–Crippen MR) is 120 cm³/mol. The number of halogens is 2. The lowest BCUT2D eigenvalue weighted by Crippen LogP contribution is -2.43. The topological polar surface area (TPSA) is 50.4 Å². The van der Waals surface area contributed by atoms with Gasteiger partial charge < -0.3 is 15.4 Å². The number of carbonyl (C=O) groups excluding carboxylic acids is 1. The van der Waals surface area contributed by atoms with Gasteiger partial charge in [0.2, 0.25) is 0 Å². The first kappa shape index (κ1) is 26.2. The number of hydrogen-bond acceptors (Lipinski definition) is 3. The highest BCUT2D eigenvalue weighted by Crippen LogP contribution is 2.28. The third-order valence-corrected chi connectivity index (χ3v) is 4.12. The maximum absolute atomic E-state index is 12.0. The zero-order valence-electron chi connectivity index (χ0n) is 18.0. The summed E-state index contributed by atoms with van der Waals surface area (Å²) in [5.74, 6) is 0.615. The molecule has 0 aliphatic rings. The highest BCUT2D eigenvalue weighted by molar-refractivity contribution is 9.10. The van der Waals surface area contributed by atoms with E-state index in [1.807, 2.05) is 39.0 Å². The van der Waals surface area contributed by atoms with Crippen molar-refractivity contribution in [3.63, 3.8) is 0 Å². The Kier molecular flexibility index (Phi) is 9.84. The summed E-state index contributed by atoms with van der Waals surface area (Å²) in [5, 5.41) is 6.54. The number of rotatable bonds is 7. The monoisotopic (exact) mass is 462 g/mol. The lowest BCUT2D eigenvalue weighted by Gasteiger charge is -2.33. The normalized spacial score (nSPS) is 12.3. The fourth-order valence-corrected chi connectivity index (χ4v) is 3.56. The molecule has 0 saturated heterocycles. The zero-order valence-corrected chi connectivity index (χ0v) is 20.4. The molecule has 0 aliphatic heterocycles. The van der Waals surface area contributed by atoms with Gasteiger partial charge in [0, 0.05) is 27.7 Å². The molecule has 0 unspecified atom stereocenters. The average Bonchev–Trinajstić information content (AvgIpc) is 2.39. The second-order valence-corrected chi connectivity index (χ2v) is 10.7. The van der Waals surface area contributed by atoms with Crippen LogP contribution in [0.25, 0.3) is 0 Å². The molecular formula is C21H36BrClN2O2. The van der Waals surface area contributed by atoms with E-state index in [2.05, 4.69) is 61.2 Å². The molecule has 1 amide bonds. The number of nitrogens with one attached hydrogen (secondary N) is 2. The van der Waals surface area contributed by atoms with Crippen molar-refractivity contribution >= 4 is 34.2 Å². The molecule has 6 heteroatoms. The molecule has 0 radical (unpaired) electrons. The minimum absolute atomic E-state index is 0. The van der Waals surface area contributed by atoms with Crippen LogP contribution in [-0.2, 0) is 11.3 Å². The van der Waals surface area contributed by atoms with Crippen molar-refractivity contribution in [1.29, 1.82) is 0 Å². The SMILES string of the molecule is CC(C)(C)CC(C)(C)NCc1cc(Br)ccc1OCC(=O)NC(C)(C)C.Cl. The van der Waals surface area contributed by atoms with Crippen LogP contribution in [0.1, 0.15) is 67.4 Å². The van der Waals surface area contributed by atoms with Crippen LogP contribution in [-0.4, -0.2) is 23.6 Å². The Balaban J connectivity index is 0.00000676. The molecular weight excluding hydrogens is 428 g/mol. The molecule has 1 aromatic rings. The third-order valence-electron chi connectivity index (χ3n) is 3.63. The van der Waals surface area contributed by atoms with Gasteiger partial charge >= 0.3 is 0 Å². The second-order valence-electron chi connectivity index (χ2n) is 9.81. The van der Waals surface area contributed by atoms with Crippen molar-refractivity contribution < 1.29 is 9.53 Å². The van der Waals surface area contributed by atoms with Gasteiger partial charge in [-0.1, -0.05) is 36.7 Å². The van der Waals surface area contributed by atoms with Gasteiger partial charge in [-0.3, -0.25) is 4.79 Å². The molecule has 1 rings (SSSR count). The average molecular weight is 464 g/mol. The first-order valence-electron chi connectivity index (χ1n) is 9.14. The number of amides is 1. The maximum atomic E-state index is 12.0. The van der Waals surface area contributed by atoms with Crippen LogP contribution in [0.5, 0.6) is 5.75 Å². The first-order valence-corrected chi connectivity index (χ1v) is 9.93. The smallest absolute Gasteiger partial charge is 0.258 e. The van der Waals surface area contributed by atoms with Crippen molar-refractivity contribution in [2.24, 2.45) is 5.41 Å². The summed E-state index contributed by atoms with van der Waals surface area (Å²) >= 11 is 3.52. The summed E-state index contributed by atoms with van der Waals surface area (Å²) in [5.41, 5.74) is 1.02. The van der Waals surface area contributed by atoms with Crippen molar-refractivity contribution in [1.82, 2.24) is 10.6 Å². The highest BCUT2D eigenvalue weighted by atomic mass is 79.9. The van der Waals surface area contributed by atoms with Crippen LogP contribution >= 0.6 is 28.3 Å². The van der Waals surface area contributed by atoms with E-state index >= 15 is 0 Å². The van der Waals surface area contributed by atoms with Crippen molar-refractivity contribution in [2.45, 2.75) is 79.4 Å². The Morgan fingerprint density at radius 2 is 1.67 bits per heavy atom. The van der Waals surface area contributed by atoms with E-state index in [1.165, 1.54) is 0 Å². The summed E-state index contributed by atoms with van der Waals surface area (Å²) in [7, 11) is 0. The molecule has 0 aliphatic carbocycles. The number of hydrogen-bond donors (Lipinski definition) is 2. The van der Waals surface area contributed by atoms with Crippen molar-refractivity contribution in [2.75, 3.05) is 6.61 Å². The standard InChI is InChI=1S/C21H35BrN2O2.ClH/c1-19(2,3)14-21(7,8)23-12-15-11-16(22)9-10-17(15)26-13-18(25)24-20(4,5)6;/h9-11,23H,12-14H2,1-8H3,(H,24,25);1H. The third kappa shape index (κ3) is 11.6. The number of carbonyl (C=O) groups is 1. The second kappa shape index (κ2) is 10.1. The van der Waals surface area contributed by atoms with Gasteiger partial charge in [-0.25, -0.2) is 0 Å². The van der Waals surface area contributed by atoms with Gasteiger partial charge in [-0.2, -0.15) is 0 Å². The van der Waals surface area contributed by atoms with E-state index < -0.39 is 0 Å². The van der Waals surface area contributed by atoms with E-state index in [1.54, 1.807) is 0 Å². The zero-order chi connectivity index (χ0) is 20.2. The molecule has 0 fully saturated rings. The molecule has 0 spiro atoms. The maximum Gasteiger partial charge on any atom is 0.258 e. The molecule has 0 saturated carbocycles. The molecule has 0 atom stereocenters. The van der Waals surface area contributed by atoms with E-state index in [4.69, 9.17) is 4.74 Å². The van der Waals surface area contributed by atoms with Crippen LogP contribution in [0, 0.1) is 5.41 Å². The van der Waals surface area contributed by atoms with Crippen LogP contribution in [0.2, 0.25) is 0 Å². The van der Waals surface area contributed by atoms with Crippen LogP contribution in [0.3, 0.4) is 0 Å². The van der Waals surface area contributed by atoms with Gasteiger partial charge in [0.1, 0.15) is 5.75 Å². The lowest BCUT2D eigenvalue weighted by molar-refractivity contribution is -0.124. The largest absolute Gasteiger partial charge is 0.483 e. The van der Waals surface area contributed by atoms with Crippen LogP contribution < -0.4 is 15.4 Å². The molecule has 4 nitrogen and oxygen atoms in total. The molecule has 0 aromatic heterocycles. The Morgan fingerprint density at radius 3 is 2.19 bits per heavy atom. The first-order chi connectivity index (χ1) is 11.7. The molecule has 1 aromatic carbocycles. The number of ether oxygens (including phenoxy) is 1. The minimum Gasteiger partial charge on any atom is -0.483 e. The van der Waals surface area contributed by atoms with E-state index in [0.717, 1.165) is 22.2 Å². The van der Waals surface area contributed by atoms with Crippen molar-refractivity contribution in [3.8, 4) is 5.75 Å². The molecule has 2 N–H and O–H groups in total. The van der Waals surface area contributed by atoms with E-state index in [-0.39, 0.29) is 41.4 Å². The summed E-state index contributed by atoms with van der Waals surface area (Å²) in [4.78, 5) is 12.0. The van der Waals surface area contributed by atoms with E-state index in [0.29, 0.717) is 6.54 Å². The quantitative estimate of drug-likeness (QED) is 0.564. The summed E-state index contributed by atoms with van der Waals surface area (Å²) in [6.45, 7) is 17.7.